The van der Waals surface area contributed by atoms with Gasteiger partial charge in [-0.05, 0) is 63.5 Å². The predicted molar refractivity (Wildman–Crippen MR) is 202 cm³/mol. The Kier molecular flexibility index (Phi) is 10.3. The average Bonchev–Trinajstić information content (AvgIpc) is 3.14. The summed E-state index contributed by atoms with van der Waals surface area (Å²) in [6.07, 6.45) is 2.39. The lowest BCUT2D eigenvalue weighted by molar-refractivity contribution is -0.0177. The average molecular weight is 718 g/mol. The molecule has 0 radical (unpaired) electrons. The van der Waals surface area contributed by atoms with Crippen molar-refractivity contribution in [3.8, 4) is 12.1 Å². The summed E-state index contributed by atoms with van der Waals surface area (Å²) in [5.41, 5.74) is 2.69. The van der Waals surface area contributed by atoms with Crippen LogP contribution in [0.15, 0.2) is 72.8 Å². The van der Waals surface area contributed by atoms with Crippen molar-refractivity contribution >= 4 is 34.5 Å². The van der Waals surface area contributed by atoms with Gasteiger partial charge in [-0.25, -0.2) is 9.59 Å². The van der Waals surface area contributed by atoms with Gasteiger partial charge in [0.15, 0.2) is 0 Å². The molecule has 4 aromatic rings. The second-order valence-electron chi connectivity index (χ2n) is 15.1. The summed E-state index contributed by atoms with van der Waals surface area (Å²) >= 11 is 0. The van der Waals surface area contributed by atoms with Crippen molar-refractivity contribution in [3.63, 3.8) is 0 Å². The van der Waals surface area contributed by atoms with E-state index in [4.69, 9.17) is 24.2 Å². The number of hydrogen-bond acceptors (Lipinski definition) is 10. The number of aromatic nitrogens is 2. The molecule has 3 aliphatic rings. The number of ether oxygens (including phenoxy) is 3. The number of alkyl carbamates (subject to hydrolysis) is 1. The molecule has 0 bridgehead atoms. The Morgan fingerprint density at radius 3 is 2.49 bits per heavy atom. The normalized spacial score (nSPS) is 18.0. The molecule has 1 atom stereocenters. The summed E-state index contributed by atoms with van der Waals surface area (Å²) in [6.45, 7) is 8.56. The van der Waals surface area contributed by atoms with Gasteiger partial charge in [-0.2, -0.15) is 15.2 Å². The summed E-state index contributed by atoms with van der Waals surface area (Å²) in [5.74, 6) is 0.761. The molecule has 2 fully saturated rings. The predicted octanol–water partition coefficient (Wildman–Crippen LogP) is 6.76. The van der Waals surface area contributed by atoms with Crippen molar-refractivity contribution in [2.45, 2.75) is 83.3 Å². The largest absolute Gasteiger partial charge is 0.455 e. The van der Waals surface area contributed by atoms with Gasteiger partial charge in [-0.3, -0.25) is 0 Å². The van der Waals surface area contributed by atoms with E-state index in [0.29, 0.717) is 32.6 Å². The molecule has 3 aromatic carbocycles. The monoisotopic (exact) mass is 717 g/mol. The van der Waals surface area contributed by atoms with Crippen molar-refractivity contribution in [1.82, 2.24) is 20.2 Å². The Morgan fingerprint density at radius 1 is 0.962 bits per heavy atom. The van der Waals surface area contributed by atoms with Crippen LogP contribution < -0.4 is 19.9 Å². The first-order chi connectivity index (χ1) is 25.6. The van der Waals surface area contributed by atoms with Gasteiger partial charge >= 0.3 is 18.2 Å². The lowest BCUT2D eigenvalue weighted by Gasteiger charge is -2.43. The molecule has 53 heavy (non-hydrogen) atoms. The molecule has 0 unspecified atom stereocenters. The lowest BCUT2D eigenvalue weighted by Crippen LogP contribution is -2.56. The molecule has 12 heteroatoms. The highest BCUT2D eigenvalue weighted by molar-refractivity contribution is 5.94. The molecule has 1 saturated carbocycles. The van der Waals surface area contributed by atoms with Crippen LogP contribution in [0, 0.1) is 11.3 Å². The van der Waals surface area contributed by atoms with Crippen LogP contribution in [0.2, 0.25) is 0 Å². The van der Waals surface area contributed by atoms with Gasteiger partial charge in [0.05, 0.1) is 37.3 Å². The third-order valence-electron chi connectivity index (χ3n) is 10.2. The van der Waals surface area contributed by atoms with E-state index in [1.54, 1.807) is 4.90 Å². The molecular weight excluding hydrogens is 670 g/mol. The first-order valence-corrected chi connectivity index (χ1v) is 18.5. The van der Waals surface area contributed by atoms with Crippen LogP contribution in [-0.4, -0.2) is 77.0 Å². The second kappa shape index (κ2) is 15.2. The van der Waals surface area contributed by atoms with Gasteiger partial charge in [-0.1, -0.05) is 66.7 Å². The fourth-order valence-corrected chi connectivity index (χ4v) is 7.38. The molecule has 1 aromatic heterocycles. The highest BCUT2D eigenvalue weighted by Gasteiger charge is 2.42. The number of carbonyl (C=O) groups is 2. The number of amides is 2. The zero-order valence-electron chi connectivity index (χ0n) is 30.7. The van der Waals surface area contributed by atoms with Crippen LogP contribution in [-0.2, 0) is 29.0 Å². The molecular formula is C41H47N7O5. The van der Waals surface area contributed by atoms with E-state index in [2.05, 4.69) is 63.7 Å². The second-order valence-corrected chi connectivity index (χ2v) is 15.1. The topological polar surface area (TPSA) is 133 Å². The van der Waals surface area contributed by atoms with Gasteiger partial charge in [0, 0.05) is 42.8 Å². The smallest absolute Gasteiger partial charge is 0.410 e. The van der Waals surface area contributed by atoms with Crippen LogP contribution in [0.1, 0.15) is 63.3 Å². The number of anilines is 2. The van der Waals surface area contributed by atoms with E-state index in [1.165, 1.54) is 10.8 Å². The van der Waals surface area contributed by atoms with E-state index < -0.39 is 29.4 Å². The van der Waals surface area contributed by atoms with Gasteiger partial charge in [0.25, 0.3) is 0 Å². The summed E-state index contributed by atoms with van der Waals surface area (Å²) in [7, 11) is 0. The first kappa shape index (κ1) is 35.8. The molecule has 7 rings (SSSR count). The maximum Gasteiger partial charge on any atom is 0.410 e. The molecule has 2 amide bonds. The Morgan fingerprint density at radius 2 is 1.74 bits per heavy atom. The minimum absolute atomic E-state index is 0.155. The van der Waals surface area contributed by atoms with Gasteiger partial charge in [0.2, 0.25) is 0 Å². The van der Waals surface area contributed by atoms with Crippen LogP contribution in [0.5, 0.6) is 6.01 Å². The maximum absolute atomic E-state index is 13.3. The number of nitrogens with one attached hydrogen (secondary N) is 1. The summed E-state index contributed by atoms with van der Waals surface area (Å²) in [4.78, 5) is 42.2. The molecule has 276 valence electrons. The third kappa shape index (κ3) is 8.25. The van der Waals surface area contributed by atoms with Crippen molar-refractivity contribution in [3.05, 3.63) is 89.6 Å². The van der Waals surface area contributed by atoms with E-state index in [-0.39, 0.29) is 25.6 Å². The summed E-state index contributed by atoms with van der Waals surface area (Å²) in [6, 6.07) is 26.5. The van der Waals surface area contributed by atoms with Crippen LogP contribution in [0.25, 0.3) is 10.8 Å². The van der Waals surface area contributed by atoms with E-state index >= 15 is 0 Å². The number of hydrogen-bond donors (Lipinski definition) is 1. The van der Waals surface area contributed by atoms with Gasteiger partial charge < -0.3 is 34.2 Å². The number of piperazine rings is 1. The minimum Gasteiger partial charge on any atom is -0.455 e. The van der Waals surface area contributed by atoms with Crippen molar-refractivity contribution in [2.75, 3.05) is 42.5 Å². The van der Waals surface area contributed by atoms with Crippen molar-refractivity contribution < 1.29 is 23.8 Å². The summed E-state index contributed by atoms with van der Waals surface area (Å²) < 4.78 is 17.8. The van der Waals surface area contributed by atoms with E-state index in [9.17, 15) is 14.9 Å². The minimum atomic E-state index is -0.656. The van der Waals surface area contributed by atoms with Crippen molar-refractivity contribution in [2.24, 2.45) is 0 Å². The number of nitrogens with zero attached hydrogens (tertiary/aromatic N) is 6. The SMILES string of the molecule is CC(C)(C)OC(=O)NCC1(Oc2nc3c(c(N4CCN(C(=O)OCc5ccccc5)[C@@H](CC#N)C4)n2)CCN(c2cccc4ccccc24)C3)CCC1. The van der Waals surface area contributed by atoms with Gasteiger partial charge in [-0.15, -0.1) is 0 Å². The molecule has 3 heterocycles. The Hall–Kier alpha value is -5.57. The molecule has 2 aliphatic heterocycles. The zero-order valence-corrected chi connectivity index (χ0v) is 30.7. The fraction of sp³-hybridized carbons (Fsp3) is 0.439. The molecule has 1 aliphatic carbocycles. The standard InChI is InChI=1S/C41H47N7O5/c1-40(2,3)53-38(49)43-28-41(19-10-20-41)52-37-44-34-26-46(35-16-9-14-30-13-7-8-15-32(30)35)22-18-33(34)36(45-37)47-23-24-48(31(25-47)17-21-42)39(50)51-27-29-11-5-4-6-12-29/h4-9,11-16,31H,10,17-20,22-28H2,1-3H3,(H,43,49)/t31-/m0/s1. The molecule has 12 nitrogen and oxygen atoms in total. The van der Waals surface area contributed by atoms with Crippen LogP contribution in [0.4, 0.5) is 21.1 Å². The summed E-state index contributed by atoms with van der Waals surface area (Å²) in [5, 5.41) is 15.1. The molecule has 1 saturated heterocycles. The number of fused-ring (bicyclic) bond motifs is 2. The Labute approximate surface area is 310 Å². The number of carbonyl (C=O) groups excluding carboxylic acids is 2. The highest BCUT2D eigenvalue weighted by atomic mass is 16.6. The maximum atomic E-state index is 13.3. The number of rotatable bonds is 9. The first-order valence-electron chi connectivity index (χ1n) is 18.5. The lowest BCUT2D eigenvalue weighted by atomic mass is 9.80. The van der Waals surface area contributed by atoms with Crippen LogP contribution >= 0.6 is 0 Å². The quantitative estimate of drug-likeness (QED) is 0.198. The number of nitriles is 1. The van der Waals surface area contributed by atoms with Gasteiger partial charge in [0.1, 0.15) is 23.6 Å². The Bertz CT molecular complexity index is 1980. The fourth-order valence-electron chi connectivity index (χ4n) is 7.38. The number of benzene rings is 3. The molecule has 1 N–H and O–H groups in total. The van der Waals surface area contributed by atoms with Crippen molar-refractivity contribution in [1.29, 1.82) is 5.26 Å². The van der Waals surface area contributed by atoms with E-state index in [1.807, 2.05) is 51.1 Å². The Balaban J connectivity index is 1.16. The molecule has 0 spiro atoms. The third-order valence-corrected chi connectivity index (χ3v) is 10.2. The highest BCUT2D eigenvalue weighted by Crippen LogP contribution is 2.39. The van der Waals surface area contributed by atoms with Crippen LogP contribution in [0.3, 0.4) is 0 Å². The van der Waals surface area contributed by atoms with E-state index in [0.717, 1.165) is 54.1 Å². The zero-order chi connectivity index (χ0) is 37.0.